The number of furan rings is 1. The molecule has 0 saturated heterocycles. The smallest absolute Gasteiger partial charge is 0.307 e. The summed E-state index contributed by atoms with van der Waals surface area (Å²) in [5, 5.41) is 15.7. The number of nitrogens with zero attached hydrogens (tertiary/aromatic N) is 2. The lowest BCUT2D eigenvalue weighted by atomic mass is 10.1. The molecule has 4 aromatic rings. The van der Waals surface area contributed by atoms with Crippen LogP contribution in [0.4, 0.5) is 5.69 Å². The minimum absolute atomic E-state index is 0.0140. The van der Waals surface area contributed by atoms with Crippen molar-refractivity contribution < 1.29 is 14.1 Å². The van der Waals surface area contributed by atoms with E-state index in [1.165, 1.54) is 18.2 Å². The number of hydrogen-bond acceptors (Lipinski definition) is 5. The van der Waals surface area contributed by atoms with E-state index in [1.807, 2.05) is 24.3 Å². The van der Waals surface area contributed by atoms with Crippen LogP contribution in [0.5, 0.6) is 0 Å². The van der Waals surface area contributed by atoms with Gasteiger partial charge in [0.15, 0.2) is 5.76 Å². The summed E-state index contributed by atoms with van der Waals surface area (Å²) in [4.78, 5) is 25.6. The third-order valence-electron chi connectivity index (χ3n) is 4.18. The number of H-pyrrole nitrogens is 1. The van der Waals surface area contributed by atoms with Crippen LogP contribution < -0.4 is 5.43 Å². The number of nitro benzene ring substituents is 1. The highest BCUT2D eigenvalue weighted by Gasteiger charge is 2.13. The van der Waals surface area contributed by atoms with E-state index in [2.05, 4.69) is 15.5 Å². The number of aromatic amines is 1. The molecular formula is C20H14N4O4. The predicted octanol–water partition coefficient (Wildman–Crippen LogP) is 4.10. The Morgan fingerprint density at radius 2 is 1.89 bits per heavy atom. The lowest BCUT2D eigenvalue weighted by molar-refractivity contribution is -0.384. The second-order valence-corrected chi connectivity index (χ2v) is 5.96. The minimum Gasteiger partial charge on any atom is -0.451 e. The van der Waals surface area contributed by atoms with Crippen LogP contribution in [-0.4, -0.2) is 22.0 Å². The van der Waals surface area contributed by atoms with Crippen LogP contribution in [0.2, 0.25) is 0 Å². The summed E-state index contributed by atoms with van der Waals surface area (Å²) < 4.78 is 5.53. The standard InChI is InChI=1S/C20H14N4O4/c25-20(23-22-12-14-11-21-17-4-2-1-3-16(14)17)19-10-9-18(28-19)13-5-7-15(8-6-13)24(26)27/h1-12,21H,(H,23,25)/b22-12-. The molecule has 0 atom stereocenters. The first kappa shape index (κ1) is 17.2. The number of rotatable bonds is 5. The van der Waals surface area contributed by atoms with Crippen LogP contribution in [0.25, 0.3) is 22.2 Å². The SMILES string of the molecule is O=C(N/N=C\c1c[nH]c2ccccc12)c1ccc(-c2ccc([N+](=O)[O-])cc2)o1. The van der Waals surface area contributed by atoms with E-state index in [1.54, 1.807) is 30.6 Å². The van der Waals surface area contributed by atoms with Gasteiger partial charge in [-0.2, -0.15) is 5.10 Å². The number of carbonyl (C=O) groups excluding carboxylic acids is 1. The molecule has 0 saturated carbocycles. The summed E-state index contributed by atoms with van der Waals surface area (Å²) in [5.41, 5.74) is 4.87. The van der Waals surface area contributed by atoms with Gasteiger partial charge in [-0.15, -0.1) is 0 Å². The van der Waals surface area contributed by atoms with E-state index in [9.17, 15) is 14.9 Å². The largest absolute Gasteiger partial charge is 0.451 e. The number of hydrogen-bond donors (Lipinski definition) is 2. The van der Waals surface area contributed by atoms with Gasteiger partial charge in [-0.25, -0.2) is 5.43 Å². The monoisotopic (exact) mass is 374 g/mol. The average molecular weight is 374 g/mol. The molecule has 0 aliphatic heterocycles. The first-order valence-corrected chi connectivity index (χ1v) is 8.36. The molecule has 0 spiro atoms. The van der Waals surface area contributed by atoms with Crippen LogP contribution in [0.1, 0.15) is 16.1 Å². The number of non-ortho nitro benzene ring substituents is 1. The van der Waals surface area contributed by atoms with Crippen LogP contribution in [0.15, 0.2) is 76.4 Å². The zero-order chi connectivity index (χ0) is 19.5. The van der Waals surface area contributed by atoms with Gasteiger partial charge in [-0.3, -0.25) is 14.9 Å². The zero-order valence-electron chi connectivity index (χ0n) is 14.5. The van der Waals surface area contributed by atoms with Gasteiger partial charge in [0.25, 0.3) is 5.69 Å². The number of aromatic nitrogens is 1. The number of amides is 1. The van der Waals surface area contributed by atoms with Crippen molar-refractivity contribution in [3.05, 3.63) is 88.3 Å². The van der Waals surface area contributed by atoms with Crippen LogP contribution >= 0.6 is 0 Å². The minimum atomic E-state index is -0.496. The fourth-order valence-electron chi connectivity index (χ4n) is 2.78. The number of carbonyl (C=O) groups is 1. The zero-order valence-corrected chi connectivity index (χ0v) is 14.5. The summed E-state index contributed by atoms with van der Waals surface area (Å²) in [7, 11) is 0. The molecule has 0 bridgehead atoms. The van der Waals surface area contributed by atoms with Gasteiger partial charge in [0.2, 0.25) is 0 Å². The third kappa shape index (κ3) is 3.38. The van der Waals surface area contributed by atoms with Crippen LogP contribution in [0.3, 0.4) is 0 Å². The highest BCUT2D eigenvalue weighted by Crippen LogP contribution is 2.24. The molecule has 2 aromatic carbocycles. The molecule has 2 heterocycles. The Morgan fingerprint density at radius 1 is 1.11 bits per heavy atom. The first-order chi connectivity index (χ1) is 13.6. The Balaban J connectivity index is 1.45. The number of para-hydroxylation sites is 1. The Kier molecular flexibility index (Phi) is 4.43. The van der Waals surface area contributed by atoms with Crippen molar-refractivity contribution in [3.8, 4) is 11.3 Å². The maximum atomic E-state index is 12.2. The van der Waals surface area contributed by atoms with Gasteiger partial charge in [-0.05, 0) is 30.3 Å². The molecule has 0 unspecified atom stereocenters. The summed E-state index contributed by atoms with van der Waals surface area (Å²) in [6, 6.07) is 16.8. The Bertz CT molecular complexity index is 1190. The van der Waals surface area contributed by atoms with Crippen molar-refractivity contribution in [2.75, 3.05) is 0 Å². The third-order valence-corrected chi connectivity index (χ3v) is 4.18. The molecule has 138 valence electrons. The van der Waals surface area contributed by atoms with Gasteiger partial charge in [-0.1, -0.05) is 18.2 Å². The van der Waals surface area contributed by atoms with Gasteiger partial charge in [0, 0.05) is 40.4 Å². The summed E-state index contributed by atoms with van der Waals surface area (Å²) in [6.07, 6.45) is 3.36. The van der Waals surface area contributed by atoms with Gasteiger partial charge >= 0.3 is 5.91 Å². The number of hydrazone groups is 1. The summed E-state index contributed by atoms with van der Waals surface area (Å²) in [6.45, 7) is 0. The summed E-state index contributed by atoms with van der Waals surface area (Å²) in [5.74, 6) is 0.0225. The molecule has 8 heteroatoms. The second kappa shape index (κ2) is 7.20. The van der Waals surface area contributed by atoms with E-state index in [0.717, 1.165) is 16.5 Å². The highest BCUT2D eigenvalue weighted by atomic mass is 16.6. The normalized spacial score (nSPS) is 11.1. The van der Waals surface area contributed by atoms with Crippen molar-refractivity contribution >= 4 is 28.7 Å². The van der Waals surface area contributed by atoms with E-state index < -0.39 is 10.8 Å². The van der Waals surface area contributed by atoms with Crippen molar-refractivity contribution in [1.29, 1.82) is 0 Å². The second-order valence-electron chi connectivity index (χ2n) is 5.96. The van der Waals surface area contributed by atoms with E-state index >= 15 is 0 Å². The van der Waals surface area contributed by atoms with Crippen molar-refractivity contribution in [1.82, 2.24) is 10.4 Å². The molecular weight excluding hydrogens is 360 g/mol. The highest BCUT2D eigenvalue weighted by molar-refractivity contribution is 5.99. The average Bonchev–Trinajstić information content (AvgIpc) is 3.36. The Labute approximate surface area is 158 Å². The molecule has 4 rings (SSSR count). The fourth-order valence-corrected chi connectivity index (χ4v) is 2.78. The van der Waals surface area contributed by atoms with Crippen LogP contribution in [0, 0.1) is 10.1 Å². The number of nitrogens with one attached hydrogen (secondary N) is 2. The lowest BCUT2D eigenvalue weighted by Gasteiger charge is -1.98. The fraction of sp³-hybridized carbons (Fsp3) is 0. The van der Waals surface area contributed by atoms with Crippen molar-refractivity contribution in [2.24, 2.45) is 5.10 Å². The van der Waals surface area contributed by atoms with Gasteiger partial charge in [0.1, 0.15) is 5.76 Å². The maximum absolute atomic E-state index is 12.2. The molecule has 0 radical (unpaired) electrons. The molecule has 28 heavy (non-hydrogen) atoms. The predicted molar refractivity (Wildman–Crippen MR) is 104 cm³/mol. The molecule has 8 nitrogen and oxygen atoms in total. The molecule has 0 aliphatic rings. The van der Waals surface area contributed by atoms with E-state index in [0.29, 0.717) is 11.3 Å². The molecule has 0 aliphatic carbocycles. The lowest BCUT2D eigenvalue weighted by Crippen LogP contribution is -2.16. The summed E-state index contributed by atoms with van der Waals surface area (Å²) >= 11 is 0. The molecule has 1 amide bonds. The Hall–Kier alpha value is -4.20. The van der Waals surface area contributed by atoms with Gasteiger partial charge < -0.3 is 9.40 Å². The van der Waals surface area contributed by atoms with E-state index in [4.69, 9.17) is 4.42 Å². The quantitative estimate of drug-likeness (QED) is 0.311. The number of fused-ring (bicyclic) bond motifs is 1. The topological polar surface area (TPSA) is 114 Å². The number of nitro groups is 1. The van der Waals surface area contributed by atoms with Crippen molar-refractivity contribution in [2.45, 2.75) is 0 Å². The Morgan fingerprint density at radius 3 is 2.68 bits per heavy atom. The van der Waals surface area contributed by atoms with E-state index in [-0.39, 0.29) is 11.4 Å². The van der Waals surface area contributed by atoms with Crippen LogP contribution in [-0.2, 0) is 0 Å². The maximum Gasteiger partial charge on any atom is 0.307 e. The van der Waals surface area contributed by atoms with Gasteiger partial charge in [0.05, 0.1) is 11.1 Å². The number of benzene rings is 2. The first-order valence-electron chi connectivity index (χ1n) is 8.36. The van der Waals surface area contributed by atoms with Crippen molar-refractivity contribution in [3.63, 3.8) is 0 Å². The molecule has 0 fully saturated rings. The molecule has 2 aromatic heterocycles. The molecule has 2 N–H and O–H groups in total.